The zero-order valence-electron chi connectivity index (χ0n) is 12.1. The third kappa shape index (κ3) is 2.41. The van der Waals surface area contributed by atoms with Crippen LogP contribution in [0.4, 0.5) is 0 Å². The van der Waals surface area contributed by atoms with Crippen LogP contribution in [-0.4, -0.2) is 14.5 Å². The SMILES string of the molecule is Oc1ccc(Br)cc1-c1nc(-c2ccccc2)n2ccccc12. The molecule has 2 aromatic carbocycles. The third-order valence-electron chi connectivity index (χ3n) is 3.79. The molecule has 0 bridgehead atoms. The van der Waals surface area contributed by atoms with Gasteiger partial charge in [-0.25, -0.2) is 4.98 Å². The number of aromatic nitrogens is 2. The van der Waals surface area contributed by atoms with Gasteiger partial charge in [-0.05, 0) is 30.3 Å². The second-order valence-corrected chi connectivity index (χ2v) is 6.18. The summed E-state index contributed by atoms with van der Waals surface area (Å²) >= 11 is 3.46. The predicted octanol–water partition coefficient (Wildman–Crippen LogP) is 5.14. The van der Waals surface area contributed by atoms with Gasteiger partial charge in [-0.3, -0.25) is 4.40 Å². The van der Waals surface area contributed by atoms with Gasteiger partial charge in [0.2, 0.25) is 0 Å². The van der Waals surface area contributed by atoms with E-state index in [2.05, 4.69) is 15.9 Å². The highest BCUT2D eigenvalue weighted by molar-refractivity contribution is 9.10. The van der Waals surface area contributed by atoms with Crippen LogP contribution in [0.2, 0.25) is 0 Å². The van der Waals surface area contributed by atoms with Crippen molar-refractivity contribution in [2.75, 3.05) is 0 Å². The Morgan fingerprint density at radius 3 is 2.52 bits per heavy atom. The van der Waals surface area contributed by atoms with Gasteiger partial charge in [0, 0.05) is 21.8 Å². The number of fused-ring (bicyclic) bond motifs is 1. The van der Waals surface area contributed by atoms with E-state index >= 15 is 0 Å². The van der Waals surface area contributed by atoms with Gasteiger partial charge in [-0.2, -0.15) is 0 Å². The molecule has 0 atom stereocenters. The van der Waals surface area contributed by atoms with Crippen LogP contribution in [-0.2, 0) is 0 Å². The zero-order valence-corrected chi connectivity index (χ0v) is 13.7. The highest BCUT2D eigenvalue weighted by Gasteiger charge is 2.16. The van der Waals surface area contributed by atoms with E-state index in [0.29, 0.717) is 5.56 Å². The largest absolute Gasteiger partial charge is 0.507 e. The molecule has 0 aliphatic carbocycles. The maximum Gasteiger partial charge on any atom is 0.145 e. The molecule has 23 heavy (non-hydrogen) atoms. The van der Waals surface area contributed by atoms with Gasteiger partial charge < -0.3 is 5.11 Å². The average molecular weight is 365 g/mol. The first-order chi connectivity index (χ1) is 11.2. The summed E-state index contributed by atoms with van der Waals surface area (Å²) in [6.07, 6.45) is 1.99. The first kappa shape index (κ1) is 14.0. The molecule has 112 valence electrons. The van der Waals surface area contributed by atoms with E-state index in [-0.39, 0.29) is 5.75 Å². The molecule has 0 radical (unpaired) electrons. The van der Waals surface area contributed by atoms with E-state index in [0.717, 1.165) is 27.1 Å². The van der Waals surface area contributed by atoms with Crippen molar-refractivity contribution in [2.24, 2.45) is 0 Å². The first-order valence-electron chi connectivity index (χ1n) is 7.25. The van der Waals surface area contributed by atoms with Gasteiger partial charge in [-0.15, -0.1) is 0 Å². The molecule has 0 aliphatic heterocycles. The molecule has 4 heteroatoms. The molecule has 2 aromatic heterocycles. The van der Waals surface area contributed by atoms with Crippen molar-refractivity contribution >= 4 is 21.4 Å². The lowest BCUT2D eigenvalue weighted by atomic mass is 10.1. The van der Waals surface area contributed by atoms with E-state index in [1.807, 2.05) is 71.3 Å². The van der Waals surface area contributed by atoms with Crippen LogP contribution in [0.15, 0.2) is 77.4 Å². The number of nitrogens with zero attached hydrogens (tertiary/aromatic N) is 2. The second kappa shape index (κ2) is 5.56. The summed E-state index contributed by atoms with van der Waals surface area (Å²) in [6.45, 7) is 0. The van der Waals surface area contributed by atoms with Crippen LogP contribution < -0.4 is 0 Å². The van der Waals surface area contributed by atoms with Crippen molar-refractivity contribution in [3.63, 3.8) is 0 Å². The van der Waals surface area contributed by atoms with Crippen molar-refractivity contribution in [3.8, 4) is 28.4 Å². The van der Waals surface area contributed by atoms with Gasteiger partial charge in [0.05, 0.1) is 5.52 Å². The minimum Gasteiger partial charge on any atom is -0.507 e. The fourth-order valence-electron chi connectivity index (χ4n) is 2.72. The number of benzene rings is 2. The van der Waals surface area contributed by atoms with E-state index in [1.165, 1.54) is 0 Å². The summed E-state index contributed by atoms with van der Waals surface area (Å²) in [7, 11) is 0. The summed E-state index contributed by atoms with van der Waals surface area (Å²) in [6, 6.07) is 21.4. The molecule has 0 saturated carbocycles. The number of hydrogen-bond acceptors (Lipinski definition) is 2. The molecular weight excluding hydrogens is 352 g/mol. The Hall–Kier alpha value is -2.59. The van der Waals surface area contributed by atoms with Gasteiger partial charge in [0.15, 0.2) is 0 Å². The monoisotopic (exact) mass is 364 g/mol. The van der Waals surface area contributed by atoms with Gasteiger partial charge >= 0.3 is 0 Å². The molecule has 2 heterocycles. The fraction of sp³-hybridized carbons (Fsp3) is 0. The molecule has 0 unspecified atom stereocenters. The Labute approximate surface area is 142 Å². The van der Waals surface area contributed by atoms with E-state index in [4.69, 9.17) is 4.98 Å². The Balaban J connectivity index is 2.04. The normalized spacial score (nSPS) is 11.0. The summed E-state index contributed by atoms with van der Waals surface area (Å²) in [5.41, 5.74) is 3.47. The number of phenols is 1. The lowest BCUT2D eigenvalue weighted by Crippen LogP contribution is -1.87. The van der Waals surface area contributed by atoms with Gasteiger partial charge in [0.1, 0.15) is 17.3 Å². The van der Waals surface area contributed by atoms with Crippen LogP contribution in [0, 0.1) is 0 Å². The molecule has 0 saturated heterocycles. The molecule has 4 aromatic rings. The number of pyridine rings is 1. The highest BCUT2D eigenvalue weighted by Crippen LogP contribution is 2.36. The second-order valence-electron chi connectivity index (χ2n) is 5.27. The number of aromatic hydroxyl groups is 1. The van der Waals surface area contributed by atoms with Crippen LogP contribution in [0.5, 0.6) is 5.75 Å². The molecule has 0 aliphatic rings. The van der Waals surface area contributed by atoms with Gasteiger partial charge in [-0.1, -0.05) is 52.3 Å². The standard InChI is InChI=1S/C19H13BrN2O/c20-14-9-10-17(23)15(12-14)18-16-8-4-5-11-22(16)19(21-18)13-6-2-1-3-7-13/h1-12,23H. The fourth-order valence-corrected chi connectivity index (χ4v) is 3.09. The van der Waals surface area contributed by atoms with Crippen LogP contribution in [0.3, 0.4) is 0 Å². The summed E-state index contributed by atoms with van der Waals surface area (Å²) in [5, 5.41) is 10.3. The molecular formula is C19H13BrN2O. The first-order valence-corrected chi connectivity index (χ1v) is 8.05. The Kier molecular flexibility index (Phi) is 3.39. The number of hydrogen-bond donors (Lipinski definition) is 1. The summed E-state index contributed by atoms with van der Waals surface area (Å²) in [4.78, 5) is 4.81. The third-order valence-corrected chi connectivity index (χ3v) is 4.29. The topological polar surface area (TPSA) is 37.5 Å². The summed E-state index contributed by atoms with van der Waals surface area (Å²) < 4.78 is 2.95. The van der Waals surface area contributed by atoms with Crippen LogP contribution in [0.1, 0.15) is 0 Å². The molecule has 0 fully saturated rings. The maximum absolute atomic E-state index is 10.3. The molecule has 0 amide bonds. The smallest absolute Gasteiger partial charge is 0.145 e. The number of imidazole rings is 1. The number of rotatable bonds is 2. The van der Waals surface area contributed by atoms with Crippen molar-refractivity contribution in [2.45, 2.75) is 0 Å². The molecule has 3 nitrogen and oxygen atoms in total. The Bertz CT molecular complexity index is 993. The predicted molar refractivity (Wildman–Crippen MR) is 95.4 cm³/mol. The van der Waals surface area contributed by atoms with E-state index < -0.39 is 0 Å². The Morgan fingerprint density at radius 1 is 0.913 bits per heavy atom. The van der Waals surface area contributed by atoms with Crippen molar-refractivity contribution < 1.29 is 5.11 Å². The van der Waals surface area contributed by atoms with Crippen LogP contribution in [0.25, 0.3) is 28.2 Å². The van der Waals surface area contributed by atoms with E-state index in [1.54, 1.807) is 6.07 Å². The van der Waals surface area contributed by atoms with Crippen molar-refractivity contribution in [3.05, 3.63) is 77.4 Å². The number of halogens is 1. The highest BCUT2D eigenvalue weighted by atomic mass is 79.9. The molecule has 4 rings (SSSR count). The van der Waals surface area contributed by atoms with Crippen LogP contribution >= 0.6 is 15.9 Å². The lowest BCUT2D eigenvalue weighted by molar-refractivity contribution is 0.477. The molecule has 1 N–H and O–H groups in total. The Morgan fingerprint density at radius 2 is 1.70 bits per heavy atom. The van der Waals surface area contributed by atoms with Crippen molar-refractivity contribution in [1.29, 1.82) is 0 Å². The lowest BCUT2D eigenvalue weighted by Gasteiger charge is -2.03. The summed E-state index contributed by atoms with van der Waals surface area (Å²) in [5.74, 6) is 1.08. The van der Waals surface area contributed by atoms with Crippen molar-refractivity contribution in [1.82, 2.24) is 9.38 Å². The zero-order chi connectivity index (χ0) is 15.8. The average Bonchev–Trinajstić information content (AvgIpc) is 2.97. The van der Waals surface area contributed by atoms with E-state index in [9.17, 15) is 5.11 Å². The minimum absolute atomic E-state index is 0.219. The quantitative estimate of drug-likeness (QED) is 0.534. The van der Waals surface area contributed by atoms with Gasteiger partial charge in [0.25, 0.3) is 0 Å². The number of phenolic OH excluding ortho intramolecular Hbond substituents is 1. The minimum atomic E-state index is 0.219. The molecule has 0 spiro atoms. The maximum atomic E-state index is 10.3.